The molecule has 0 aromatic heterocycles. The zero-order valence-electron chi connectivity index (χ0n) is 4.69. The molecule has 0 bridgehead atoms. The fourth-order valence-electron chi connectivity index (χ4n) is 0.333. The molecule has 0 unspecified atom stereocenters. The quantitative estimate of drug-likeness (QED) is 0.451. The van der Waals surface area contributed by atoms with Gasteiger partial charge < -0.3 is 2.84 Å². The van der Waals surface area contributed by atoms with Crippen LogP contribution in [0.4, 0.5) is 0 Å². The maximum Gasteiger partial charge on any atom is 0.407 e. The van der Waals surface area contributed by atoms with E-state index in [4.69, 9.17) is 2.84 Å². The van der Waals surface area contributed by atoms with E-state index in [9.17, 15) is 0 Å². The molecular formula is C3H10Al2O. The molecule has 0 amide bonds. The van der Waals surface area contributed by atoms with Gasteiger partial charge in [0.05, 0.1) is 0 Å². The second kappa shape index (κ2) is 4.19. The van der Waals surface area contributed by atoms with Gasteiger partial charge in [-0.05, 0) is 0 Å². The van der Waals surface area contributed by atoms with Crippen molar-refractivity contribution in [3.8, 4) is 0 Å². The first-order chi connectivity index (χ1) is 2.77. The van der Waals surface area contributed by atoms with E-state index < -0.39 is 0 Å². The zero-order chi connectivity index (χ0) is 4.99. The molecular weight excluding hydrogens is 106 g/mol. The van der Waals surface area contributed by atoms with Gasteiger partial charge in [0.1, 0.15) is 0 Å². The third kappa shape index (κ3) is 5.02. The van der Waals surface area contributed by atoms with Gasteiger partial charge in [0.15, 0.2) is 0 Å². The minimum absolute atomic E-state index is 0.0818. The molecule has 0 aromatic rings. The Kier molecular flexibility index (Phi) is 4.91. The van der Waals surface area contributed by atoms with Crippen LogP contribution >= 0.6 is 0 Å². The van der Waals surface area contributed by atoms with Crippen molar-refractivity contribution in [2.75, 3.05) is 0 Å². The molecule has 1 nitrogen and oxygen atoms in total. The molecule has 0 N–H and O–H groups in total. The van der Waals surface area contributed by atoms with Crippen LogP contribution in [0.5, 0.6) is 0 Å². The van der Waals surface area contributed by atoms with Gasteiger partial charge in [-0.25, -0.2) is 0 Å². The van der Waals surface area contributed by atoms with Gasteiger partial charge in [0.2, 0.25) is 0 Å². The molecule has 0 aliphatic carbocycles. The van der Waals surface area contributed by atoms with E-state index in [0.717, 1.165) is 21.4 Å². The van der Waals surface area contributed by atoms with Crippen LogP contribution in [0.1, 0.15) is 13.8 Å². The standard InChI is InChI=1S/C3H7.2Al.O.3H/c1-3-2;;;;;;/h3H,1-2H3;;;;;;. The molecule has 0 rings (SSSR count). The summed E-state index contributed by atoms with van der Waals surface area (Å²) in [5.41, 5.74) is 0. The Morgan fingerprint density at radius 3 is 2.17 bits per heavy atom. The van der Waals surface area contributed by atoms with Crippen molar-refractivity contribution in [1.29, 1.82) is 0 Å². The molecule has 0 aromatic carbocycles. The SMILES string of the molecule is C[CH](C)[AlH][O][AlH2]. The summed E-state index contributed by atoms with van der Waals surface area (Å²) in [6, 6.07) is 0. The van der Waals surface area contributed by atoms with Gasteiger partial charge in [-0.3, -0.25) is 0 Å². The Balaban J connectivity index is 2.63. The van der Waals surface area contributed by atoms with E-state index >= 15 is 0 Å². The molecule has 0 fully saturated rings. The Hall–Kier alpha value is 1.02. The number of hydrogen-bond acceptors (Lipinski definition) is 1. The van der Waals surface area contributed by atoms with Crippen molar-refractivity contribution in [3.63, 3.8) is 0 Å². The first-order valence-corrected chi connectivity index (χ1v) is 4.47. The summed E-state index contributed by atoms with van der Waals surface area (Å²) in [4.78, 5) is 0. The van der Waals surface area contributed by atoms with Crippen molar-refractivity contribution < 1.29 is 2.84 Å². The monoisotopic (exact) mass is 116 g/mol. The Morgan fingerprint density at radius 1 is 1.67 bits per heavy atom. The third-order valence-electron chi connectivity index (χ3n) is 0.500. The molecule has 0 spiro atoms. The predicted molar refractivity (Wildman–Crippen MR) is 31.9 cm³/mol. The smallest absolute Gasteiger partial charge is 0.407 e. The van der Waals surface area contributed by atoms with E-state index in [0.29, 0.717) is 0 Å². The first-order valence-electron chi connectivity index (χ1n) is 2.26. The number of hydrogen-bond donors (Lipinski definition) is 0. The van der Waals surface area contributed by atoms with E-state index in [1.54, 1.807) is 0 Å². The van der Waals surface area contributed by atoms with Crippen LogP contribution in [0.2, 0.25) is 4.78 Å². The van der Waals surface area contributed by atoms with Crippen LogP contribution < -0.4 is 0 Å². The highest BCUT2D eigenvalue weighted by Crippen LogP contribution is 1.93. The van der Waals surface area contributed by atoms with E-state index in [1.165, 1.54) is 0 Å². The second-order valence-electron chi connectivity index (χ2n) is 1.85. The summed E-state index contributed by atoms with van der Waals surface area (Å²) in [6.45, 7) is 4.42. The maximum atomic E-state index is 5.08. The van der Waals surface area contributed by atoms with Crippen LogP contribution in [0.15, 0.2) is 0 Å². The van der Waals surface area contributed by atoms with Gasteiger partial charge in [0.25, 0.3) is 0 Å². The van der Waals surface area contributed by atoms with Crippen molar-refractivity contribution in [2.24, 2.45) is 0 Å². The minimum Gasteiger partial charge on any atom is -0.644 e. The van der Waals surface area contributed by atoms with Crippen LogP contribution in [0.25, 0.3) is 0 Å². The van der Waals surface area contributed by atoms with Gasteiger partial charge in [-0.2, -0.15) is 0 Å². The summed E-state index contributed by atoms with van der Waals surface area (Å²) in [6.07, 6.45) is 0. The maximum absolute atomic E-state index is 5.08. The molecule has 0 heterocycles. The van der Waals surface area contributed by atoms with Crippen molar-refractivity contribution in [1.82, 2.24) is 0 Å². The van der Waals surface area contributed by atoms with Crippen LogP contribution in [-0.2, 0) is 2.84 Å². The minimum atomic E-state index is -0.0818. The molecule has 6 heavy (non-hydrogen) atoms. The number of rotatable bonds is 2. The third-order valence-corrected chi connectivity index (χ3v) is 2.50. The van der Waals surface area contributed by atoms with Crippen LogP contribution in [-0.4, -0.2) is 32.2 Å². The summed E-state index contributed by atoms with van der Waals surface area (Å²) in [5, 5.41) is 0. The molecule has 0 radical (unpaired) electrons. The zero-order valence-corrected chi connectivity index (χ0v) is 8.11. The lowest BCUT2D eigenvalue weighted by Gasteiger charge is -1.95. The lowest BCUT2D eigenvalue weighted by Crippen LogP contribution is -1.97. The van der Waals surface area contributed by atoms with E-state index in [1.807, 2.05) is 0 Å². The second-order valence-corrected chi connectivity index (χ2v) is 6.12. The summed E-state index contributed by atoms with van der Waals surface area (Å²) < 4.78 is 5.93. The molecule has 0 saturated carbocycles. The first kappa shape index (κ1) is 7.02. The van der Waals surface area contributed by atoms with Gasteiger partial charge in [-0.1, -0.05) is 18.6 Å². The van der Waals surface area contributed by atoms with E-state index in [2.05, 4.69) is 13.8 Å². The average molecular weight is 116 g/mol. The van der Waals surface area contributed by atoms with Crippen LogP contribution in [0.3, 0.4) is 0 Å². The molecule has 0 saturated heterocycles. The Morgan fingerprint density at radius 2 is 2.17 bits per heavy atom. The highest BCUT2D eigenvalue weighted by molar-refractivity contribution is 6.35. The lowest BCUT2D eigenvalue weighted by atomic mass is 10.6. The Bertz CT molecular complexity index is 30.0. The largest absolute Gasteiger partial charge is 0.644 e. The van der Waals surface area contributed by atoms with Gasteiger partial charge in [-0.15, -0.1) is 0 Å². The normalized spacial score (nSPS) is 9.17. The Labute approximate surface area is 53.9 Å². The topological polar surface area (TPSA) is 9.23 Å². The molecule has 0 atom stereocenters. The molecule has 34 valence electrons. The molecule has 3 heteroatoms. The van der Waals surface area contributed by atoms with Gasteiger partial charge >= 0.3 is 32.2 Å². The average Bonchev–Trinajstić information content (AvgIpc) is 1.35. The molecule has 0 aliphatic rings. The fourth-order valence-corrected chi connectivity index (χ4v) is 3.00. The van der Waals surface area contributed by atoms with Crippen molar-refractivity contribution in [2.45, 2.75) is 18.6 Å². The fraction of sp³-hybridized carbons (Fsp3) is 1.00. The summed E-state index contributed by atoms with van der Waals surface area (Å²) >= 11 is 0.867. The predicted octanol–water partition coefficient (Wildman–Crippen LogP) is -0.269. The summed E-state index contributed by atoms with van der Waals surface area (Å²) in [5.74, 6) is 0. The van der Waals surface area contributed by atoms with Crippen LogP contribution in [0, 0.1) is 0 Å². The summed E-state index contributed by atoms with van der Waals surface area (Å²) in [7, 11) is 0. The highest BCUT2D eigenvalue weighted by atomic mass is 27.2. The lowest BCUT2D eigenvalue weighted by molar-refractivity contribution is 0.644. The van der Waals surface area contributed by atoms with Crippen molar-refractivity contribution >= 4 is 32.2 Å². The highest BCUT2D eigenvalue weighted by Gasteiger charge is 1.93. The molecule has 0 aliphatic heterocycles. The van der Waals surface area contributed by atoms with Crippen molar-refractivity contribution in [3.05, 3.63) is 0 Å². The van der Waals surface area contributed by atoms with E-state index in [-0.39, 0.29) is 15.6 Å². The van der Waals surface area contributed by atoms with Gasteiger partial charge in [0, 0.05) is 0 Å².